The zero-order chi connectivity index (χ0) is 22.2. The number of rotatable bonds is 4. The number of ether oxygens (including phenoxy) is 1. The summed E-state index contributed by atoms with van der Waals surface area (Å²) in [6.45, 7) is 3.68. The van der Waals surface area contributed by atoms with E-state index in [0.29, 0.717) is 17.2 Å². The summed E-state index contributed by atoms with van der Waals surface area (Å²) < 4.78 is 6.29. The Hall–Kier alpha value is -2.20. The molecule has 0 spiro atoms. The van der Waals surface area contributed by atoms with E-state index in [-0.39, 0.29) is 49.7 Å². The van der Waals surface area contributed by atoms with Crippen molar-refractivity contribution in [3.63, 3.8) is 0 Å². The van der Waals surface area contributed by atoms with Gasteiger partial charge in [0.05, 0.1) is 23.3 Å². The van der Waals surface area contributed by atoms with Gasteiger partial charge in [-0.15, -0.1) is 24.8 Å². The molecule has 186 valence electrons. The van der Waals surface area contributed by atoms with Gasteiger partial charge in [0, 0.05) is 25.2 Å². The lowest BCUT2D eigenvalue weighted by Crippen LogP contribution is -2.54. The molecule has 1 atom stereocenters. The van der Waals surface area contributed by atoms with Crippen LogP contribution in [0.3, 0.4) is 0 Å². The maximum absolute atomic E-state index is 13.0. The van der Waals surface area contributed by atoms with Crippen LogP contribution in [0, 0.1) is 0 Å². The molecule has 11 heteroatoms. The van der Waals surface area contributed by atoms with Crippen molar-refractivity contribution in [2.75, 3.05) is 31.1 Å². The molecule has 34 heavy (non-hydrogen) atoms. The molecular formula is C23H30Cl2N4O5. The summed E-state index contributed by atoms with van der Waals surface area (Å²) in [5.41, 5.74) is 1.54. The van der Waals surface area contributed by atoms with Gasteiger partial charge in [-0.05, 0) is 63.4 Å². The number of carbonyl (C=O) groups excluding carboxylic acids is 4. The van der Waals surface area contributed by atoms with Gasteiger partial charge in [-0.3, -0.25) is 29.4 Å². The Bertz CT molecular complexity index is 961. The molecule has 1 aromatic carbocycles. The first-order valence-corrected chi connectivity index (χ1v) is 11.5. The molecule has 4 aliphatic heterocycles. The predicted octanol–water partition coefficient (Wildman–Crippen LogP) is 1.67. The molecule has 0 radical (unpaired) electrons. The van der Waals surface area contributed by atoms with Crippen molar-refractivity contribution in [2.24, 2.45) is 0 Å². The minimum Gasteiger partial charge on any atom is -0.375 e. The highest BCUT2D eigenvalue weighted by molar-refractivity contribution is 6.23. The second-order valence-corrected chi connectivity index (χ2v) is 8.95. The zero-order valence-corrected chi connectivity index (χ0v) is 20.4. The fourth-order valence-corrected chi connectivity index (χ4v) is 5.11. The van der Waals surface area contributed by atoms with E-state index in [1.54, 1.807) is 12.1 Å². The summed E-state index contributed by atoms with van der Waals surface area (Å²) >= 11 is 0. The van der Waals surface area contributed by atoms with E-state index in [1.807, 2.05) is 6.07 Å². The van der Waals surface area contributed by atoms with Gasteiger partial charge in [0.15, 0.2) is 0 Å². The smallest absolute Gasteiger partial charge is 0.262 e. The SMILES string of the molecule is Cl.Cl.O=C1CCC(N2C(=O)c3ccc(N4CCC(OC5CCNCC5)CC4)cc3C2=O)C(=O)N1. The molecule has 4 heterocycles. The number of anilines is 1. The number of nitrogens with zero attached hydrogens (tertiary/aromatic N) is 2. The second-order valence-electron chi connectivity index (χ2n) is 8.95. The topological polar surface area (TPSA) is 108 Å². The van der Waals surface area contributed by atoms with E-state index in [0.717, 1.165) is 62.4 Å². The van der Waals surface area contributed by atoms with E-state index < -0.39 is 23.8 Å². The van der Waals surface area contributed by atoms with Gasteiger partial charge in [-0.2, -0.15) is 0 Å². The Kier molecular flexibility index (Phi) is 8.57. The lowest BCUT2D eigenvalue weighted by molar-refractivity contribution is -0.136. The van der Waals surface area contributed by atoms with E-state index in [1.165, 1.54) is 0 Å². The normalized spacial score (nSPS) is 23.8. The fraction of sp³-hybridized carbons (Fsp3) is 0.565. The average Bonchev–Trinajstić information content (AvgIpc) is 3.05. The molecule has 3 saturated heterocycles. The van der Waals surface area contributed by atoms with Crippen molar-refractivity contribution in [3.05, 3.63) is 29.3 Å². The lowest BCUT2D eigenvalue weighted by atomic mass is 10.0. The third kappa shape index (κ3) is 5.07. The highest BCUT2D eigenvalue weighted by atomic mass is 35.5. The quantitative estimate of drug-likeness (QED) is 0.590. The van der Waals surface area contributed by atoms with Crippen LogP contribution in [0.2, 0.25) is 0 Å². The van der Waals surface area contributed by atoms with E-state index >= 15 is 0 Å². The second kappa shape index (κ2) is 11.0. The first-order valence-electron chi connectivity index (χ1n) is 11.5. The van der Waals surface area contributed by atoms with Gasteiger partial charge in [-0.1, -0.05) is 0 Å². The van der Waals surface area contributed by atoms with Crippen LogP contribution in [0.15, 0.2) is 18.2 Å². The molecule has 0 aromatic heterocycles. The largest absolute Gasteiger partial charge is 0.375 e. The summed E-state index contributed by atoms with van der Waals surface area (Å²) in [4.78, 5) is 52.8. The number of fused-ring (bicyclic) bond motifs is 1. The maximum atomic E-state index is 13.0. The van der Waals surface area contributed by atoms with E-state index in [9.17, 15) is 19.2 Å². The summed E-state index contributed by atoms with van der Waals surface area (Å²) in [7, 11) is 0. The molecule has 0 saturated carbocycles. The molecule has 2 N–H and O–H groups in total. The molecule has 5 rings (SSSR count). The zero-order valence-electron chi connectivity index (χ0n) is 18.8. The van der Waals surface area contributed by atoms with Crippen LogP contribution < -0.4 is 15.5 Å². The standard InChI is InChI=1S/C23H28N4O5.2ClH/c28-20-4-3-19(21(29)25-20)27-22(30)17-2-1-14(13-18(17)23(27)31)26-11-7-16(8-12-26)32-15-5-9-24-10-6-15;;/h1-2,13,15-16,19,24H,3-12H2,(H,25,28,29);2*1H. The van der Waals surface area contributed by atoms with Crippen molar-refractivity contribution < 1.29 is 23.9 Å². The number of halogens is 2. The Morgan fingerprint density at radius 1 is 0.824 bits per heavy atom. The van der Waals surface area contributed by atoms with Crippen molar-refractivity contribution >= 4 is 54.1 Å². The summed E-state index contributed by atoms with van der Waals surface area (Å²) in [5.74, 6) is -1.91. The van der Waals surface area contributed by atoms with Gasteiger partial charge in [0.2, 0.25) is 11.8 Å². The van der Waals surface area contributed by atoms with Gasteiger partial charge in [0.1, 0.15) is 6.04 Å². The summed E-state index contributed by atoms with van der Waals surface area (Å²) in [5, 5.41) is 5.58. The molecule has 3 fully saturated rings. The van der Waals surface area contributed by atoms with Crippen molar-refractivity contribution in [3.8, 4) is 0 Å². The molecule has 1 aromatic rings. The third-order valence-corrected chi connectivity index (χ3v) is 6.90. The van der Waals surface area contributed by atoms with Crippen molar-refractivity contribution in [1.82, 2.24) is 15.5 Å². The van der Waals surface area contributed by atoms with Gasteiger partial charge >= 0.3 is 0 Å². The van der Waals surface area contributed by atoms with Crippen LogP contribution in [0.4, 0.5) is 5.69 Å². The molecule has 0 aliphatic carbocycles. The summed E-state index contributed by atoms with van der Waals surface area (Å²) in [6, 6.07) is 4.36. The number of nitrogens with one attached hydrogen (secondary N) is 2. The van der Waals surface area contributed by atoms with Crippen molar-refractivity contribution in [2.45, 2.75) is 56.8 Å². The molecule has 0 bridgehead atoms. The molecule has 4 amide bonds. The Morgan fingerprint density at radius 3 is 2.15 bits per heavy atom. The van der Waals surface area contributed by atoms with Gasteiger partial charge < -0.3 is 15.0 Å². The van der Waals surface area contributed by atoms with Crippen LogP contribution in [0.1, 0.15) is 59.2 Å². The monoisotopic (exact) mass is 512 g/mol. The number of benzene rings is 1. The van der Waals surface area contributed by atoms with Crippen molar-refractivity contribution in [1.29, 1.82) is 0 Å². The minimum atomic E-state index is -0.938. The van der Waals surface area contributed by atoms with E-state index in [2.05, 4.69) is 15.5 Å². The fourth-order valence-electron chi connectivity index (χ4n) is 5.11. The average molecular weight is 513 g/mol. The van der Waals surface area contributed by atoms with E-state index in [4.69, 9.17) is 4.74 Å². The van der Waals surface area contributed by atoms with Gasteiger partial charge in [-0.25, -0.2) is 0 Å². The molecule has 9 nitrogen and oxygen atoms in total. The summed E-state index contributed by atoms with van der Waals surface area (Å²) in [6.07, 6.45) is 4.85. The third-order valence-electron chi connectivity index (χ3n) is 6.90. The highest BCUT2D eigenvalue weighted by Crippen LogP contribution is 2.32. The number of carbonyl (C=O) groups is 4. The Labute approximate surface area is 210 Å². The predicted molar refractivity (Wildman–Crippen MR) is 130 cm³/mol. The number of amides is 4. The first-order chi connectivity index (χ1) is 15.5. The molecule has 1 unspecified atom stereocenters. The number of hydrogen-bond acceptors (Lipinski definition) is 7. The Balaban J connectivity index is 0.00000162. The van der Waals surface area contributed by atoms with Crippen LogP contribution in [-0.4, -0.2) is 73.0 Å². The van der Waals surface area contributed by atoms with Gasteiger partial charge in [0.25, 0.3) is 11.8 Å². The first kappa shape index (κ1) is 26.4. The lowest BCUT2D eigenvalue weighted by Gasteiger charge is -2.36. The number of piperidine rings is 3. The van der Waals surface area contributed by atoms with Crippen LogP contribution in [0.25, 0.3) is 0 Å². The number of hydrogen-bond donors (Lipinski definition) is 2. The number of imide groups is 2. The molecule has 4 aliphatic rings. The Morgan fingerprint density at radius 2 is 1.47 bits per heavy atom. The van der Waals surface area contributed by atoms with Crippen LogP contribution >= 0.6 is 24.8 Å². The molecular weight excluding hydrogens is 483 g/mol. The maximum Gasteiger partial charge on any atom is 0.262 e. The van der Waals surface area contributed by atoms with Crippen LogP contribution in [-0.2, 0) is 14.3 Å². The minimum absolute atomic E-state index is 0. The highest BCUT2D eigenvalue weighted by Gasteiger charge is 2.44. The van der Waals surface area contributed by atoms with Crippen LogP contribution in [0.5, 0.6) is 0 Å².